The first-order chi connectivity index (χ1) is 16.9. The van der Waals surface area contributed by atoms with Gasteiger partial charge in [-0.05, 0) is 118 Å². The number of nitrogens with one attached hydrogen (secondary N) is 1. The lowest BCUT2D eigenvalue weighted by atomic mass is 9.78. The zero-order valence-electron chi connectivity index (χ0n) is 21.5. The summed E-state index contributed by atoms with van der Waals surface area (Å²) in [4.78, 5) is 41.9. The first-order valence-corrected chi connectivity index (χ1v) is 13.3. The van der Waals surface area contributed by atoms with Crippen molar-refractivity contribution in [2.24, 2.45) is 0 Å². The minimum atomic E-state index is -0.452. The molecule has 0 aliphatic carbocycles. The number of hydrogen-bond donors (Lipinski definition) is 1. The number of halogens is 1. The number of aryl methyl sites for hydroxylation is 1. The monoisotopic (exact) mass is 525 g/mol. The summed E-state index contributed by atoms with van der Waals surface area (Å²) in [6.07, 6.45) is 2.81. The Morgan fingerprint density at radius 2 is 1.89 bits per heavy atom. The van der Waals surface area contributed by atoms with Crippen molar-refractivity contribution in [3.63, 3.8) is 0 Å². The first-order valence-electron chi connectivity index (χ1n) is 12.1. The highest BCUT2D eigenvalue weighted by atomic mass is 35.5. The van der Waals surface area contributed by atoms with Gasteiger partial charge in [0.2, 0.25) is 5.91 Å². The van der Waals surface area contributed by atoms with Gasteiger partial charge in [0.25, 0.3) is 11.1 Å². The summed E-state index contributed by atoms with van der Waals surface area (Å²) in [6, 6.07) is 11.3. The second-order valence-electron chi connectivity index (χ2n) is 10.5. The lowest BCUT2D eigenvalue weighted by Crippen LogP contribution is -2.51. The maximum Gasteiger partial charge on any atom is 0.294 e. The molecule has 0 radical (unpaired) electrons. The summed E-state index contributed by atoms with van der Waals surface area (Å²) in [7, 11) is 0. The molecule has 190 valence electrons. The number of amides is 3. The van der Waals surface area contributed by atoms with Gasteiger partial charge in [0.05, 0.1) is 4.91 Å². The van der Waals surface area contributed by atoms with Gasteiger partial charge >= 0.3 is 0 Å². The second kappa shape index (κ2) is 9.94. The van der Waals surface area contributed by atoms with Crippen molar-refractivity contribution in [2.45, 2.75) is 65.5 Å². The zero-order chi connectivity index (χ0) is 26.4. The molecule has 2 aromatic rings. The minimum Gasteiger partial charge on any atom is -0.364 e. The van der Waals surface area contributed by atoms with Crippen molar-refractivity contribution in [3.8, 4) is 0 Å². The summed E-state index contributed by atoms with van der Waals surface area (Å²) < 4.78 is 0. The van der Waals surface area contributed by atoms with E-state index in [0.717, 1.165) is 34.2 Å². The molecule has 0 unspecified atom stereocenters. The summed E-state index contributed by atoms with van der Waals surface area (Å²) in [5, 5.41) is 2.80. The van der Waals surface area contributed by atoms with Crippen LogP contribution in [0.1, 0.15) is 63.6 Å². The topological polar surface area (TPSA) is 69.7 Å². The van der Waals surface area contributed by atoms with Crippen molar-refractivity contribution >= 4 is 57.9 Å². The normalized spacial score (nSPS) is 20.3. The van der Waals surface area contributed by atoms with Crippen LogP contribution < -0.4 is 10.2 Å². The Morgan fingerprint density at radius 1 is 1.22 bits per heavy atom. The van der Waals surface area contributed by atoms with E-state index in [4.69, 9.17) is 11.6 Å². The maximum absolute atomic E-state index is 13.1. The predicted octanol–water partition coefficient (Wildman–Crippen LogP) is 6.82. The molecule has 0 spiro atoms. The molecule has 4 rings (SSSR count). The third-order valence-electron chi connectivity index (χ3n) is 6.77. The Bertz CT molecular complexity index is 1250. The molecule has 6 nitrogen and oxygen atoms in total. The quantitative estimate of drug-likeness (QED) is 0.433. The average Bonchev–Trinajstić information content (AvgIpc) is 3.03. The van der Waals surface area contributed by atoms with Gasteiger partial charge in [0.15, 0.2) is 0 Å². The Labute approximate surface area is 222 Å². The number of carbonyl (C=O) groups is 3. The third-order valence-corrected chi connectivity index (χ3v) is 7.93. The van der Waals surface area contributed by atoms with Crippen molar-refractivity contribution in [2.75, 3.05) is 16.8 Å². The smallest absolute Gasteiger partial charge is 0.294 e. The number of benzene rings is 2. The highest BCUT2D eigenvalue weighted by Gasteiger charge is 2.39. The molecule has 2 heterocycles. The van der Waals surface area contributed by atoms with E-state index in [1.807, 2.05) is 6.92 Å². The van der Waals surface area contributed by atoms with E-state index in [-0.39, 0.29) is 12.1 Å². The van der Waals surface area contributed by atoms with Gasteiger partial charge in [-0.2, -0.15) is 0 Å². The van der Waals surface area contributed by atoms with Crippen molar-refractivity contribution in [3.05, 3.63) is 63.0 Å². The van der Waals surface area contributed by atoms with Crippen LogP contribution in [0.3, 0.4) is 0 Å². The number of thioether (sulfide) groups is 1. The Hall–Kier alpha value is -2.77. The van der Waals surface area contributed by atoms with Crippen molar-refractivity contribution in [1.82, 2.24) is 4.90 Å². The number of rotatable bonds is 5. The van der Waals surface area contributed by atoms with Crippen LogP contribution in [0.25, 0.3) is 6.08 Å². The molecular formula is C28H32ClN3O3S. The molecule has 0 bridgehead atoms. The highest BCUT2D eigenvalue weighted by molar-refractivity contribution is 8.18. The zero-order valence-corrected chi connectivity index (χ0v) is 23.1. The molecule has 2 aromatic carbocycles. The fourth-order valence-corrected chi connectivity index (χ4v) is 6.36. The minimum absolute atomic E-state index is 0.0454. The Kier molecular flexibility index (Phi) is 7.26. The van der Waals surface area contributed by atoms with E-state index in [1.54, 1.807) is 30.3 Å². The molecular weight excluding hydrogens is 494 g/mol. The van der Waals surface area contributed by atoms with Crippen LogP contribution in [-0.4, -0.2) is 40.1 Å². The van der Waals surface area contributed by atoms with Gasteiger partial charge in [0.1, 0.15) is 6.54 Å². The SMILES string of the molecule is Cc1cc2c(cc1/C=C1\SC(=O)N(CC(=O)Nc3ccc(Cl)cc3)C1=O)[C@H](C)CC(C)(C)N2C(C)C. The first kappa shape index (κ1) is 26.3. The van der Waals surface area contributed by atoms with Gasteiger partial charge in [-0.3, -0.25) is 19.3 Å². The highest BCUT2D eigenvalue weighted by Crippen LogP contribution is 2.46. The van der Waals surface area contributed by atoms with Gasteiger partial charge in [-0.25, -0.2) is 0 Å². The van der Waals surface area contributed by atoms with Crippen molar-refractivity contribution in [1.29, 1.82) is 0 Å². The van der Waals surface area contributed by atoms with Crippen LogP contribution in [0.15, 0.2) is 41.3 Å². The van der Waals surface area contributed by atoms with Gasteiger partial charge in [-0.15, -0.1) is 0 Å². The van der Waals surface area contributed by atoms with Crippen LogP contribution in [-0.2, 0) is 9.59 Å². The summed E-state index contributed by atoms with van der Waals surface area (Å²) in [5.74, 6) is -0.535. The Morgan fingerprint density at radius 3 is 2.53 bits per heavy atom. The van der Waals surface area contributed by atoms with Crippen LogP contribution in [0.5, 0.6) is 0 Å². The third kappa shape index (κ3) is 5.18. The van der Waals surface area contributed by atoms with E-state index < -0.39 is 17.1 Å². The standard InChI is InChI=1S/C28H32ClN3O3S/c1-16(2)32-23-11-17(3)19(12-22(23)18(4)14-28(32,5)6)13-24-26(34)31(27(35)36-24)15-25(33)30-21-9-7-20(29)8-10-21/h7-13,16,18H,14-15H2,1-6H3,(H,30,33)/b24-13-/t18-/m1/s1. The number of hydrogen-bond acceptors (Lipinski definition) is 5. The fraction of sp³-hybridized carbons (Fsp3) is 0.393. The molecule has 1 saturated heterocycles. The summed E-state index contributed by atoms with van der Waals surface area (Å²) in [5.41, 5.74) is 5.03. The van der Waals surface area contributed by atoms with Crippen LogP contribution in [0, 0.1) is 6.92 Å². The van der Waals surface area contributed by atoms with Crippen LogP contribution in [0.2, 0.25) is 5.02 Å². The molecule has 36 heavy (non-hydrogen) atoms. The molecule has 0 saturated carbocycles. The van der Waals surface area contributed by atoms with E-state index in [2.05, 4.69) is 57.0 Å². The second-order valence-corrected chi connectivity index (χ2v) is 11.9. The molecule has 8 heteroatoms. The van der Waals surface area contributed by atoms with E-state index in [9.17, 15) is 14.4 Å². The lowest BCUT2D eigenvalue weighted by molar-refractivity contribution is -0.127. The van der Waals surface area contributed by atoms with Gasteiger partial charge in [0, 0.05) is 28.0 Å². The molecule has 0 aromatic heterocycles. The maximum atomic E-state index is 13.1. The fourth-order valence-electron chi connectivity index (χ4n) is 5.40. The molecule has 1 atom stereocenters. The van der Waals surface area contributed by atoms with E-state index >= 15 is 0 Å². The van der Waals surface area contributed by atoms with E-state index in [0.29, 0.717) is 27.6 Å². The molecule has 3 amide bonds. The molecule has 2 aliphatic heterocycles. The number of carbonyl (C=O) groups excluding carboxylic acids is 3. The molecule has 1 N–H and O–H groups in total. The van der Waals surface area contributed by atoms with Gasteiger partial charge in [-0.1, -0.05) is 18.5 Å². The van der Waals surface area contributed by atoms with Crippen LogP contribution >= 0.6 is 23.4 Å². The average molecular weight is 526 g/mol. The summed E-state index contributed by atoms with van der Waals surface area (Å²) >= 11 is 6.75. The largest absolute Gasteiger partial charge is 0.364 e. The molecule has 2 aliphatic rings. The number of anilines is 2. The number of nitrogens with zero attached hydrogens (tertiary/aromatic N) is 2. The Balaban J connectivity index is 1.56. The number of imide groups is 1. The van der Waals surface area contributed by atoms with E-state index in [1.165, 1.54) is 11.3 Å². The van der Waals surface area contributed by atoms with Crippen molar-refractivity contribution < 1.29 is 14.4 Å². The summed E-state index contributed by atoms with van der Waals surface area (Å²) in [6.45, 7) is 12.9. The predicted molar refractivity (Wildman–Crippen MR) is 149 cm³/mol. The number of fused-ring (bicyclic) bond motifs is 1. The lowest BCUT2D eigenvalue weighted by Gasteiger charge is -2.50. The molecule has 1 fully saturated rings. The van der Waals surface area contributed by atoms with Crippen LogP contribution in [0.4, 0.5) is 16.2 Å². The van der Waals surface area contributed by atoms with Gasteiger partial charge < -0.3 is 10.2 Å².